The van der Waals surface area contributed by atoms with Gasteiger partial charge in [0.2, 0.25) is 11.8 Å². The zero-order chi connectivity index (χ0) is 22.5. The minimum Gasteiger partial charge on any atom is -0.370 e. The van der Waals surface area contributed by atoms with Gasteiger partial charge in [0.05, 0.1) is 11.4 Å². The Morgan fingerprint density at radius 2 is 1.74 bits per heavy atom. The van der Waals surface area contributed by atoms with Crippen LogP contribution in [-0.2, 0) is 9.59 Å². The molecule has 0 spiro atoms. The van der Waals surface area contributed by atoms with E-state index in [1.165, 1.54) is 41.1 Å². The van der Waals surface area contributed by atoms with Crippen molar-refractivity contribution in [3.05, 3.63) is 87.9 Å². The SMILES string of the molecule is NC(=O)CC(C(N)=O)N(C(=O)c1ccc(-n2ccccc2=O)cc1)c1ccc(Cl)cn1. The molecule has 0 aliphatic carbocycles. The molecule has 0 radical (unpaired) electrons. The highest BCUT2D eigenvalue weighted by atomic mass is 35.5. The first-order valence-corrected chi connectivity index (χ1v) is 9.46. The molecule has 0 aliphatic rings. The van der Waals surface area contributed by atoms with Crippen molar-refractivity contribution in [2.45, 2.75) is 12.5 Å². The molecule has 158 valence electrons. The van der Waals surface area contributed by atoms with Crippen LogP contribution in [0.15, 0.2) is 71.8 Å². The first-order chi connectivity index (χ1) is 14.8. The molecule has 0 aliphatic heterocycles. The molecule has 4 N–H and O–H groups in total. The van der Waals surface area contributed by atoms with Crippen LogP contribution in [-0.4, -0.2) is 33.3 Å². The van der Waals surface area contributed by atoms with Crippen LogP contribution in [0.3, 0.4) is 0 Å². The number of pyridine rings is 2. The second-order valence-corrected chi connectivity index (χ2v) is 6.99. The van der Waals surface area contributed by atoms with Gasteiger partial charge in [0, 0.05) is 29.7 Å². The number of amides is 3. The highest BCUT2D eigenvalue weighted by Crippen LogP contribution is 2.22. The van der Waals surface area contributed by atoms with E-state index in [1.807, 2.05) is 0 Å². The van der Waals surface area contributed by atoms with E-state index >= 15 is 0 Å². The minimum absolute atomic E-state index is 0.0720. The van der Waals surface area contributed by atoms with Crippen molar-refractivity contribution in [2.24, 2.45) is 11.5 Å². The van der Waals surface area contributed by atoms with E-state index in [2.05, 4.69) is 4.98 Å². The summed E-state index contributed by atoms with van der Waals surface area (Å²) >= 11 is 5.87. The summed E-state index contributed by atoms with van der Waals surface area (Å²) in [5.74, 6) is -2.29. The molecule has 0 fully saturated rings. The lowest BCUT2D eigenvalue weighted by molar-refractivity contribution is -0.124. The number of primary amides is 2. The number of aromatic nitrogens is 2. The molecule has 10 heteroatoms. The monoisotopic (exact) mass is 439 g/mol. The first-order valence-electron chi connectivity index (χ1n) is 9.09. The number of hydrogen-bond acceptors (Lipinski definition) is 5. The highest BCUT2D eigenvalue weighted by molar-refractivity contribution is 6.30. The summed E-state index contributed by atoms with van der Waals surface area (Å²) in [7, 11) is 0. The van der Waals surface area contributed by atoms with Crippen molar-refractivity contribution in [3.63, 3.8) is 0 Å². The average Bonchev–Trinajstić information content (AvgIpc) is 2.74. The molecule has 0 bridgehead atoms. The number of halogens is 1. The number of nitrogens with zero attached hydrogens (tertiary/aromatic N) is 3. The third-order valence-electron chi connectivity index (χ3n) is 4.43. The Morgan fingerprint density at radius 1 is 1.03 bits per heavy atom. The second kappa shape index (κ2) is 9.23. The fraction of sp³-hybridized carbons (Fsp3) is 0.0952. The maximum absolute atomic E-state index is 13.3. The van der Waals surface area contributed by atoms with Gasteiger partial charge < -0.3 is 11.5 Å². The first kappa shape index (κ1) is 21.7. The Kier molecular flexibility index (Phi) is 6.46. The minimum atomic E-state index is -1.35. The van der Waals surface area contributed by atoms with Gasteiger partial charge in [-0.1, -0.05) is 17.7 Å². The Hall–Kier alpha value is -3.98. The lowest BCUT2D eigenvalue weighted by atomic mass is 10.1. The maximum Gasteiger partial charge on any atom is 0.260 e. The molecule has 2 heterocycles. The van der Waals surface area contributed by atoms with Crippen LogP contribution in [0.25, 0.3) is 5.69 Å². The van der Waals surface area contributed by atoms with Crippen molar-refractivity contribution < 1.29 is 14.4 Å². The number of nitrogens with two attached hydrogens (primary N) is 2. The zero-order valence-corrected chi connectivity index (χ0v) is 16.9. The quantitative estimate of drug-likeness (QED) is 0.570. The summed E-state index contributed by atoms with van der Waals surface area (Å²) in [5.41, 5.74) is 11.2. The molecular formula is C21H18ClN5O4. The van der Waals surface area contributed by atoms with E-state index in [9.17, 15) is 19.2 Å². The second-order valence-electron chi connectivity index (χ2n) is 6.55. The molecule has 0 saturated carbocycles. The molecule has 3 aromatic rings. The number of hydrogen-bond donors (Lipinski definition) is 2. The third kappa shape index (κ3) is 4.96. The topological polar surface area (TPSA) is 141 Å². The molecule has 3 rings (SSSR count). The standard InChI is InChI=1S/C21H18ClN5O4/c22-14-6-9-18(25-12-14)27(16(20(24)30)11-17(23)28)21(31)13-4-7-15(8-5-13)26-10-2-1-3-19(26)29/h1-10,12,16H,11H2,(H2,23,28)(H2,24,30). The summed E-state index contributed by atoms with van der Waals surface area (Å²) in [4.78, 5) is 53.9. The predicted octanol–water partition coefficient (Wildman–Crippen LogP) is 1.26. The van der Waals surface area contributed by atoms with Gasteiger partial charge in [0.1, 0.15) is 11.9 Å². The number of benzene rings is 1. The number of rotatable bonds is 7. The van der Waals surface area contributed by atoms with Crippen LogP contribution in [0.1, 0.15) is 16.8 Å². The number of carbonyl (C=O) groups is 3. The van der Waals surface area contributed by atoms with Gasteiger partial charge in [-0.25, -0.2) is 4.98 Å². The summed E-state index contributed by atoms with van der Waals surface area (Å²) in [6, 6.07) is 12.4. The van der Waals surface area contributed by atoms with E-state index < -0.39 is 30.2 Å². The van der Waals surface area contributed by atoms with Crippen molar-refractivity contribution in [2.75, 3.05) is 4.90 Å². The molecule has 3 amide bonds. The van der Waals surface area contributed by atoms with Crippen LogP contribution in [0.4, 0.5) is 5.82 Å². The van der Waals surface area contributed by atoms with Crippen LogP contribution >= 0.6 is 11.6 Å². The number of carbonyl (C=O) groups excluding carboxylic acids is 3. The van der Waals surface area contributed by atoms with Gasteiger partial charge in [-0.05, 0) is 42.5 Å². The van der Waals surface area contributed by atoms with Gasteiger partial charge in [0.25, 0.3) is 11.5 Å². The normalized spacial score (nSPS) is 11.5. The van der Waals surface area contributed by atoms with Crippen molar-refractivity contribution in [1.82, 2.24) is 9.55 Å². The highest BCUT2D eigenvalue weighted by Gasteiger charge is 2.32. The van der Waals surface area contributed by atoms with Crippen LogP contribution in [0.2, 0.25) is 5.02 Å². The van der Waals surface area contributed by atoms with Crippen LogP contribution in [0.5, 0.6) is 0 Å². The average molecular weight is 440 g/mol. The van der Waals surface area contributed by atoms with Gasteiger partial charge in [-0.3, -0.25) is 28.6 Å². The summed E-state index contributed by atoms with van der Waals surface area (Å²) in [6.07, 6.45) is 2.41. The molecule has 0 saturated heterocycles. The van der Waals surface area contributed by atoms with E-state index in [-0.39, 0.29) is 16.9 Å². The van der Waals surface area contributed by atoms with E-state index in [4.69, 9.17) is 23.1 Å². The molecule has 1 atom stereocenters. The molecule has 1 aromatic carbocycles. The Bertz CT molecular complexity index is 1180. The molecule has 31 heavy (non-hydrogen) atoms. The Balaban J connectivity index is 2.02. The molecular weight excluding hydrogens is 422 g/mol. The van der Waals surface area contributed by atoms with Crippen molar-refractivity contribution in [1.29, 1.82) is 0 Å². The van der Waals surface area contributed by atoms with Crippen LogP contribution in [0, 0.1) is 0 Å². The maximum atomic E-state index is 13.3. The zero-order valence-electron chi connectivity index (χ0n) is 16.1. The lowest BCUT2D eigenvalue weighted by Crippen LogP contribution is -2.50. The van der Waals surface area contributed by atoms with Gasteiger partial charge in [0.15, 0.2) is 0 Å². The molecule has 9 nitrogen and oxygen atoms in total. The lowest BCUT2D eigenvalue weighted by Gasteiger charge is -2.28. The predicted molar refractivity (Wildman–Crippen MR) is 115 cm³/mol. The summed E-state index contributed by atoms with van der Waals surface area (Å²) in [5, 5.41) is 0.319. The fourth-order valence-electron chi connectivity index (χ4n) is 2.97. The molecule has 1 unspecified atom stereocenters. The van der Waals surface area contributed by atoms with Gasteiger partial charge in [-0.15, -0.1) is 0 Å². The van der Waals surface area contributed by atoms with Gasteiger partial charge in [-0.2, -0.15) is 0 Å². The van der Waals surface area contributed by atoms with E-state index in [1.54, 1.807) is 30.5 Å². The third-order valence-corrected chi connectivity index (χ3v) is 4.65. The smallest absolute Gasteiger partial charge is 0.260 e. The van der Waals surface area contributed by atoms with Crippen molar-refractivity contribution >= 4 is 35.1 Å². The van der Waals surface area contributed by atoms with Crippen LogP contribution < -0.4 is 21.9 Å². The Labute approximate surface area is 181 Å². The number of anilines is 1. The van der Waals surface area contributed by atoms with Gasteiger partial charge >= 0.3 is 0 Å². The summed E-state index contributed by atoms with van der Waals surface area (Å²) < 4.78 is 1.41. The van der Waals surface area contributed by atoms with E-state index in [0.717, 1.165) is 4.90 Å². The summed E-state index contributed by atoms with van der Waals surface area (Å²) in [6.45, 7) is 0. The largest absolute Gasteiger partial charge is 0.370 e. The van der Waals surface area contributed by atoms with Crippen molar-refractivity contribution in [3.8, 4) is 5.69 Å². The fourth-order valence-corrected chi connectivity index (χ4v) is 3.08. The van der Waals surface area contributed by atoms with E-state index in [0.29, 0.717) is 10.7 Å². The molecule has 2 aromatic heterocycles. The Morgan fingerprint density at radius 3 is 2.29 bits per heavy atom.